The molecule has 4 nitrogen and oxygen atoms in total. The first-order valence-electron chi connectivity index (χ1n) is 6.11. The summed E-state index contributed by atoms with van der Waals surface area (Å²) in [5, 5.41) is 9.49. The van der Waals surface area contributed by atoms with Gasteiger partial charge in [0, 0.05) is 6.04 Å². The van der Waals surface area contributed by atoms with Gasteiger partial charge in [-0.25, -0.2) is 4.98 Å². The van der Waals surface area contributed by atoms with Crippen molar-refractivity contribution < 1.29 is 4.74 Å². The van der Waals surface area contributed by atoms with Crippen molar-refractivity contribution in [1.82, 2.24) is 9.55 Å². The topological polar surface area (TPSA) is 50.8 Å². The van der Waals surface area contributed by atoms with Crippen LogP contribution in [0.2, 0.25) is 5.02 Å². The second kappa shape index (κ2) is 4.94. The Morgan fingerprint density at radius 2 is 2.32 bits per heavy atom. The first kappa shape index (κ1) is 12.1. The molecule has 0 saturated heterocycles. The van der Waals surface area contributed by atoms with Crippen molar-refractivity contribution in [1.29, 1.82) is 5.26 Å². The number of halogens is 1. The molecule has 5 heteroatoms. The molecule has 1 saturated carbocycles. The standard InChI is InChI=1S/C14H12ClN3O/c15-13-2-1-3-14(12(13)6-16)19-8-11-7-17-9-18(11)10-4-5-10/h1-3,7,9-10H,4-5,8H2. The SMILES string of the molecule is N#Cc1c(Cl)cccc1OCc1cncn1C1CC1. The summed E-state index contributed by atoms with van der Waals surface area (Å²) < 4.78 is 7.84. The van der Waals surface area contributed by atoms with Crippen LogP contribution in [0.25, 0.3) is 0 Å². The summed E-state index contributed by atoms with van der Waals surface area (Å²) in [5.41, 5.74) is 1.40. The van der Waals surface area contributed by atoms with E-state index in [2.05, 4.69) is 15.6 Å². The Bertz CT molecular complexity index is 640. The summed E-state index contributed by atoms with van der Waals surface area (Å²) in [7, 11) is 0. The number of benzene rings is 1. The van der Waals surface area contributed by atoms with Crippen molar-refractivity contribution in [3.8, 4) is 11.8 Å². The highest BCUT2D eigenvalue weighted by atomic mass is 35.5. The van der Waals surface area contributed by atoms with Crippen LogP contribution in [-0.4, -0.2) is 9.55 Å². The summed E-state index contributed by atoms with van der Waals surface area (Å²) in [4.78, 5) is 4.15. The molecule has 0 amide bonds. The van der Waals surface area contributed by atoms with Crippen LogP contribution in [0.5, 0.6) is 5.75 Å². The van der Waals surface area contributed by atoms with Crippen molar-refractivity contribution >= 4 is 11.6 Å². The molecule has 0 bridgehead atoms. The third-order valence-corrected chi connectivity index (χ3v) is 3.46. The maximum atomic E-state index is 9.08. The lowest BCUT2D eigenvalue weighted by Crippen LogP contribution is -2.04. The molecule has 0 radical (unpaired) electrons. The number of aromatic nitrogens is 2. The minimum absolute atomic E-state index is 0.377. The summed E-state index contributed by atoms with van der Waals surface area (Å²) in [6.45, 7) is 0.394. The molecule has 0 unspecified atom stereocenters. The van der Waals surface area contributed by atoms with Gasteiger partial charge in [0.25, 0.3) is 0 Å². The summed E-state index contributed by atoms with van der Waals surface area (Å²) in [6, 6.07) is 7.84. The number of rotatable bonds is 4. The van der Waals surface area contributed by atoms with Crippen molar-refractivity contribution in [2.24, 2.45) is 0 Å². The van der Waals surface area contributed by atoms with E-state index in [0.717, 1.165) is 5.69 Å². The largest absolute Gasteiger partial charge is 0.486 e. The molecule has 1 fully saturated rings. The second-order valence-corrected chi connectivity index (χ2v) is 4.94. The maximum absolute atomic E-state index is 9.08. The van der Waals surface area contributed by atoms with Crippen molar-refractivity contribution in [3.05, 3.63) is 47.0 Å². The van der Waals surface area contributed by atoms with Gasteiger partial charge in [0.05, 0.1) is 23.2 Å². The number of nitriles is 1. The van der Waals surface area contributed by atoms with Gasteiger partial charge in [0.1, 0.15) is 24.0 Å². The molecule has 0 spiro atoms. The van der Waals surface area contributed by atoms with Crippen LogP contribution in [0, 0.1) is 11.3 Å². The maximum Gasteiger partial charge on any atom is 0.139 e. The summed E-state index contributed by atoms with van der Waals surface area (Å²) >= 11 is 5.96. The zero-order chi connectivity index (χ0) is 13.2. The van der Waals surface area contributed by atoms with E-state index < -0.39 is 0 Å². The predicted octanol–water partition coefficient (Wildman–Crippen LogP) is 3.32. The predicted molar refractivity (Wildman–Crippen MR) is 71.0 cm³/mol. The first-order valence-corrected chi connectivity index (χ1v) is 6.49. The molecule has 0 N–H and O–H groups in total. The zero-order valence-electron chi connectivity index (χ0n) is 10.2. The van der Waals surface area contributed by atoms with Gasteiger partial charge in [-0.3, -0.25) is 0 Å². The highest BCUT2D eigenvalue weighted by Crippen LogP contribution is 2.36. The van der Waals surface area contributed by atoms with Crippen LogP contribution in [0.4, 0.5) is 0 Å². The number of nitrogens with zero attached hydrogens (tertiary/aromatic N) is 3. The highest BCUT2D eigenvalue weighted by molar-refractivity contribution is 6.31. The van der Waals surface area contributed by atoms with E-state index in [1.165, 1.54) is 12.8 Å². The Morgan fingerprint density at radius 3 is 3.05 bits per heavy atom. The van der Waals surface area contributed by atoms with Gasteiger partial charge in [-0.15, -0.1) is 0 Å². The van der Waals surface area contributed by atoms with Crippen LogP contribution in [-0.2, 0) is 6.61 Å². The van der Waals surface area contributed by atoms with Gasteiger partial charge in [-0.2, -0.15) is 5.26 Å². The Kier molecular flexibility index (Phi) is 3.14. The highest BCUT2D eigenvalue weighted by Gasteiger charge is 2.25. The van der Waals surface area contributed by atoms with Gasteiger partial charge in [-0.05, 0) is 25.0 Å². The zero-order valence-corrected chi connectivity index (χ0v) is 11.0. The van der Waals surface area contributed by atoms with E-state index in [1.54, 1.807) is 24.4 Å². The van der Waals surface area contributed by atoms with Crippen molar-refractivity contribution in [2.75, 3.05) is 0 Å². The molecular formula is C14H12ClN3O. The number of imidazole rings is 1. The lowest BCUT2D eigenvalue weighted by atomic mass is 10.2. The molecule has 1 aliphatic carbocycles. The summed E-state index contributed by atoms with van der Waals surface area (Å²) in [5.74, 6) is 0.513. The van der Waals surface area contributed by atoms with E-state index in [0.29, 0.717) is 29.0 Å². The fourth-order valence-electron chi connectivity index (χ4n) is 2.01. The van der Waals surface area contributed by atoms with Crippen LogP contribution in [0.3, 0.4) is 0 Å². The molecule has 96 valence electrons. The van der Waals surface area contributed by atoms with E-state index in [4.69, 9.17) is 21.6 Å². The molecule has 1 aromatic heterocycles. The average Bonchev–Trinajstić information content (AvgIpc) is 3.15. The minimum atomic E-state index is 0.377. The van der Waals surface area contributed by atoms with Crippen LogP contribution < -0.4 is 4.74 Å². The monoisotopic (exact) mass is 273 g/mol. The lowest BCUT2D eigenvalue weighted by Gasteiger charge is -2.10. The van der Waals surface area contributed by atoms with Crippen LogP contribution >= 0.6 is 11.6 Å². The molecule has 19 heavy (non-hydrogen) atoms. The van der Waals surface area contributed by atoms with Crippen LogP contribution in [0.15, 0.2) is 30.7 Å². The Labute approximate surface area is 116 Å². The van der Waals surface area contributed by atoms with E-state index in [1.807, 2.05) is 6.33 Å². The Morgan fingerprint density at radius 1 is 1.47 bits per heavy atom. The normalized spacial score (nSPS) is 14.1. The van der Waals surface area contributed by atoms with Crippen LogP contribution in [0.1, 0.15) is 30.1 Å². The Hall–Kier alpha value is -1.99. The van der Waals surface area contributed by atoms with Gasteiger partial charge in [0.15, 0.2) is 0 Å². The second-order valence-electron chi connectivity index (χ2n) is 4.54. The van der Waals surface area contributed by atoms with Gasteiger partial charge in [-0.1, -0.05) is 17.7 Å². The summed E-state index contributed by atoms with van der Waals surface area (Å²) in [6.07, 6.45) is 6.03. The average molecular weight is 274 g/mol. The van der Waals surface area contributed by atoms with Gasteiger partial charge < -0.3 is 9.30 Å². The van der Waals surface area contributed by atoms with Crippen molar-refractivity contribution in [3.63, 3.8) is 0 Å². The van der Waals surface area contributed by atoms with Crippen molar-refractivity contribution in [2.45, 2.75) is 25.5 Å². The fourth-order valence-corrected chi connectivity index (χ4v) is 2.22. The number of hydrogen-bond donors (Lipinski definition) is 0. The smallest absolute Gasteiger partial charge is 0.139 e. The minimum Gasteiger partial charge on any atom is -0.486 e. The molecule has 1 aromatic carbocycles. The molecule has 3 rings (SSSR count). The molecule has 1 heterocycles. The van der Waals surface area contributed by atoms with E-state index in [9.17, 15) is 0 Å². The molecule has 1 aliphatic rings. The first-order chi connectivity index (χ1) is 9.29. The van der Waals surface area contributed by atoms with Gasteiger partial charge in [0.2, 0.25) is 0 Å². The van der Waals surface area contributed by atoms with Gasteiger partial charge >= 0.3 is 0 Å². The van der Waals surface area contributed by atoms with E-state index >= 15 is 0 Å². The number of ether oxygens (including phenoxy) is 1. The molecule has 0 atom stereocenters. The molecule has 2 aromatic rings. The van der Waals surface area contributed by atoms with E-state index in [-0.39, 0.29) is 0 Å². The quantitative estimate of drug-likeness (QED) is 0.859. The number of hydrogen-bond acceptors (Lipinski definition) is 3. The fraction of sp³-hybridized carbons (Fsp3) is 0.286. The molecule has 0 aliphatic heterocycles. The third kappa shape index (κ3) is 2.42. The molecular weight excluding hydrogens is 262 g/mol. The third-order valence-electron chi connectivity index (χ3n) is 3.15. The lowest BCUT2D eigenvalue weighted by molar-refractivity contribution is 0.294. The Balaban J connectivity index is 1.77.